The molecule has 0 radical (unpaired) electrons. The van der Waals surface area contributed by atoms with Crippen LogP contribution in [0.1, 0.15) is 32.8 Å². The van der Waals surface area contributed by atoms with Gasteiger partial charge < -0.3 is 9.15 Å². The van der Waals surface area contributed by atoms with Gasteiger partial charge in [-0.05, 0) is 29.5 Å². The van der Waals surface area contributed by atoms with Crippen molar-refractivity contribution in [2.45, 2.75) is 43.9 Å². The van der Waals surface area contributed by atoms with Gasteiger partial charge in [0.05, 0.1) is 11.5 Å². The number of thioether (sulfide) groups is 1. The molecule has 1 aliphatic heterocycles. The van der Waals surface area contributed by atoms with Crippen molar-refractivity contribution in [3.8, 4) is 11.5 Å². The average Bonchev–Trinajstić information content (AvgIpc) is 3.19. The van der Waals surface area contributed by atoms with E-state index in [9.17, 15) is 13.2 Å². The number of rotatable bonds is 5. The summed E-state index contributed by atoms with van der Waals surface area (Å²) in [4.78, 5) is 11.9. The molecule has 0 aliphatic carbocycles. The molecule has 2 aromatic rings. The van der Waals surface area contributed by atoms with Crippen LogP contribution in [0.3, 0.4) is 0 Å². The Kier molecular flexibility index (Phi) is 5.62. The van der Waals surface area contributed by atoms with Crippen molar-refractivity contribution in [2.24, 2.45) is 0 Å². The molecule has 0 spiro atoms. The molecule has 9 heteroatoms. The molecule has 1 aromatic carbocycles. The Bertz CT molecular complexity index is 914. The summed E-state index contributed by atoms with van der Waals surface area (Å²) in [6, 6.07) is 7.91. The third-order valence-corrected chi connectivity index (χ3v) is 6.74. The van der Waals surface area contributed by atoms with Crippen LogP contribution in [0.5, 0.6) is 0 Å². The summed E-state index contributed by atoms with van der Waals surface area (Å²) in [6.07, 6.45) is -0.198. The molecule has 1 aromatic heterocycles. The number of sulfone groups is 1. The normalized spacial score (nSPS) is 19.1. The first kappa shape index (κ1) is 19.9. The number of aromatic nitrogens is 2. The summed E-state index contributed by atoms with van der Waals surface area (Å²) in [5, 5.41) is 8.21. The predicted octanol–water partition coefficient (Wildman–Crippen LogP) is 2.86. The van der Waals surface area contributed by atoms with Crippen molar-refractivity contribution in [1.82, 2.24) is 10.2 Å². The van der Waals surface area contributed by atoms with Crippen LogP contribution >= 0.6 is 11.8 Å². The third-order valence-electron chi connectivity index (χ3n) is 4.21. The van der Waals surface area contributed by atoms with Gasteiger partial charge >= 0.3 is 5.97 Å². The number of ether oxygens (including phenoxy) is 1. The monoisotopic (exact) mass is 410 g/mol. The topological polar surface area (TPSA) is 99.4 Å². The van der Waals surface area contributed by atoms with Crippen LogP contribution in [0.2, 0.25) is 0 Å². The van der Waals surface area contributed by atoms with Gasteiger partial charge in [0.25, 0.3) is 5.22 Å². The molecule has 0 bridgehead atoms. The Labute approximate surface area is 162 Å². The molecule has 0 saturated carbocycles. The standard InChI is InChI=1S/C18H22N2O5S2/c1-18(2,3)13-6-4-12(5-7-13)16-19-20-17(25-16)26-10-15(21)24-14-8-9-27(22,23)11-14/h4-7,14H,8-11H2,1-3H3/t14-/m1/s1. The molecule has 7 nitrogen and oxygen atoms in total. The van der Waals surface area contributed by atoms with Gasteiger partial charge in [0.2, 0.25) is 5.89 Å². The lowest BCUT2D eigenvalue weighted by Crippen LogP contribution is -2.20. The Balaban J connectivity index is 1.54. The zero-order valence-corrected chi connectivity index (χ0v) is 17.1. The van der Waals surface area contributed by atoms with Crippen molar-refractivity contribution >= 4 is 27.6 Å². The van der Waals surface area contributed by atoms with E-state index in [4.69, 9.17) is 9.15 Å². The van der Waals surface area contributed by atoms with Crippen molar-refractivity contribution in [1.29, 1.82) is 0 Å². The van der Waals surface area contributed by atoms with Gasteiger partial charge in [-0.1, -0.05) is 44.7 Å². The Morgan fingerprint density at radius 3 is 2.56 bits per heavy atom. The molecule has 1 saturated heterocycles. The number of esters is 1. The van der Waals surface area contributed by atoms with Crippen molar-refractivity contribution in [3.05, 3.63) is 29.8 Å². The van der Waals surface area contributed by atoms with E-state index in [1.165, 1.54) is 5.56 Å². The second-order valence-corrected chi connectivity index (χ2v) is 10.7. The van der Waals surface area contributed by atoms with Crippen LogP contribution in [0, 0.1) is 0 Å². The molecule has 1 atom stereocenters. The summed E-state index contributed by atoms with van der Waals surface area (Å²) in [6.45, 7) is 6.43. The van der Waals surface area contributed by atoms with Crippen LogP contribution in [0.15, 0.2) is 33.9 Å². The van der Waals surface area contributed by atoms with Gasteiger partial charge in [0, 0.05) is 5.56 Å². The molecule has 27 heavy (non-hydrogen) atoms. The lowest BCUT2D eigenvalue weighted by molar-refractivity contribution is -0.144. The maximum Gasteiger partial charge on any atom is 0.316 e. The van der Waals surface area contributed by atoms with E-state index in [0.717, 1.165) is 17.3 Å². The molecular formula is C18H22N2O5S2. The van der Waals surface area contributed by atoms with Gasteiger partial charge in [-0.2, -0.15) is 0 Å². The molecule has 1 fully saturated rings. The molecule has 146 valence electrons. The Morgan fingerprint density at radius 2 is 1.96 bits per heavy atom. The first-order valence-electron chi connectivity index (χ1n) is 8.59. The van der Waals surface area contributed by atoms with Crippen LogP contribution in [-0.4, -0.2) is 47.9 Å². The lowest BCUT2D eigenvalue weighted by Gasteiger charge is -2.18. The van der Waals surface area contributed by atoms with Crippen LogP contribution < -0.4 is 0 Å². The minimum Gasteiger partial charge on any atom is -0.461 e. The van der Waals surface area contributed by atoms with Gasteiger partial charge in [-0.3, -0.25) is 4.79 Å². The number of carbonyl (C=O) groups is 1. The summed E-state index contributed by atoms with van der Waals surface area (Å²) >= 11 is 1.07. The summed E-state index contributed by atoms with van der Waals surface area (Å²) < 4.78 is 33.5. The zero-order chi connectivity index (χ0) is 19.7. The largest absolute Gasteiger partial charge is 0.461 e. The van der Waals surface area contributed by atoms with E-state index < -0.39 is 21.9 Å². The summed E-state index contributed by atoms with van der Waals surface area (Å²) in [7, 11) is -3.07. The molecule has 0 amide bonds. The van der Waals surface area contributed by atoms with E-state index in [1.807, 2.05) is 24.3 Å². The fourth-order valence-electron chi connectivity index (χ4n) is 2.69. The molecule has 2 heterocycles. The Hall–Kier alpha value is -1.87. The number of nitrogens with zero attached hydrogens (tertiary/aromatic N) is 2. The molecular weight excluding hydrogens is 388 g/mol. The zero-order valence-electron chi connectivity index (χ0n) is 15.5. The molecule has 0 unspecified atom stereocenters. The van der Waals surface area contributed by atoms with E-state index in [1.54, 1.807) is 0 Å². The highest BCUT2D eigenvalue weighted by Crippen LogP contribution is 2.27. The second-order valence-electron chi connectivity index (χ2n) is 7.50. The quantitative estimate of drug-likeness (QED) is 0.548. The number of hydrogen-bond donors (Lipinski definition) is 0. The van der Waals surface area contributed by atoms with Crippen molar-refractivity contribution < 1.29 is 22.4 Å². The van der Waals surface area contributed by atoms with E-state index in [-0.39, 0.29) is 27.9 Å². The van der Waals surface area contributed by atoms with Gasteiger partial charge in [0.15, 0.2) is 9.84 Å². The van der Waals surface area contributed by atoms with Crippen LogP contribution in [0.4, 0.5) is 0 Å². The summed E-state index contributed by atoms with van der Waals surface area (Å²) in [5.74, 6) is -0.150. The highest BCUT2D eigenvalue weighted by Gasteiger charge is 2.30. The number of carbonyl (C=O) groups excluding carboxylic acids is 1. The molecule has 1 aliphatic rings. The highest BCUT2D eigenvalue weighted by molar-refractivity contribution is 7.99. The van der Waals surface area contributed by atoms with Crippen molar-refractivity contribution in [2.75, 3.05) is 17.3 Å². The van der Waals surface area contributed by atoms with E-state index >= 15 is 0 Å². The van der Waals surface area contributed by atoms with Crippen LogP contribution in [0.25, 0.3) is 11.5 Å². The first-order chi connectivity index (χ1) is 12.6. The summed E-state index contributed by atoms with van der Waals surface area (Å²) in [5.41, 5.74) is 2.08. The van der Waals surface area contributed by atoms with E-state index in [2.05, 4.69) is 31.0 Å². The third kappa shape index (κ3) is 5.32. The smallest absolute Gasteiger partial charge is 0.316 e. The van der Waals surface area contributed by atoms with E-state index in [0.29, 0.717) is 12.3 Å². The first-order valence-corrected chi connectivity index (χ1v) is 11.4. The SMILES string of the molecule is CC(C)(C)c1ccc(-c2nnc(SCC(=O)O[C@@H]3CCS(=O)(=O)C3)o2)cc1. The van der Waals surface area contributed by atoms with Gasteiger partial charge in [-0.15, -0.1) is 10.2 Å². The lowest BCUT2D eigenvalue weighted by atomic mass is 9.87. The second kappa shape index (κ2) is 7.63. The minimum atomic E-state index is -3.07. The highest BCUT2D eigenvalue weighted by atomic mass is 32.2. The molecule has 3 rings (SSSR count). The van der Waals surface area contributed by atoms with Crippen molar-refractivity contribution in [3.63, 3.8) is 0 Å². The number of benzene rings is 1. The predicted molar refractivity (Wildman–Crippen MR) is 102 cm³/mol. The average molecular weight is 411 g/mol. The minimum absolute atomic E-state index is 0.0128. The fourth-order valence-corrected chi connectivity index (χ4v) is 4.83. The molecule has 0 N–H and O–H groups in total. The number of hydrogen-bond acceptors (Lipinski definition) is 8. The van der Waals surface area contributed by atoms with Gasteiger partial charge in [-0.25, -0.2) is 8.42 Å². The Morgan fingerprint density at radius 1 is 1.26 bits per heavy atom. The maximum absolute atomic E-state index is 11.9. The van der Waals surface area contributed by atoms with Crippen LogP contribution in [-0.2, 0) is 24.8 Å². The fraction of sp³-hybridized carbons (Fsp3) is 0.500. The van der Waals surface area contributed by atoms with Gasteiger partial charge in [0.1, 0.15) is 11.9 Å². The maximum atomic E-state index is 11.9.